The molecule has 0 spiro atoms. The fourth-order valence-electron chi connectivity index (χ4n) is 1.76. The number of H-pyrrole nitrogens is 1. The Labute approximate surface area is 95.5 Å². The number of aromatic nitrogens is 1. The van der Waals surface area contributed by atoms with E-state index in [9.17, 15) is 9.59 Å². The Morgan fingerprint density at radius 2 is 1.76 bits per heavy atom. The van der Waals surface area contributed by atoms with E-state index in [4.69, 9.17) is 0 Å². The predicted octanol–water partition coefficient (Wildman–Crippen LogP) is -0.0123. The largest absolute Gasteiger partial charge is 0.361 e. The second-order valence-electron chi connectivity index (χ2n) is 3.59. The van der Waals surface area contributed by atoms with Crippen LogP contribution in [0.5, 0.6) is 0 Å². The van der Waals surface area contributed by atoms with Gasteiger partial charge < -0.3 is 4.98 Å². The Bertz CT molecular complexity index is 730. The summed E-state index contributed by atoms with van der Waals surface area (Å²) < 4.78 is 0. The van der Waals surface area contributed by atoms with Crippen molar-refractivity contribution in [1.82, 2.24) is 4.98 Å². The first-order chi connectivity index (χ1) is 8.25. The van der Waals surface area contributed by atoms with Crippen molar-refractivity contribution in [3.63, 3.8) is 0 Å². The minimum absolute atomic E-state index is 0.432. The lowest BCUT2D eigenvalue weighted by atomic mass is 10.1. The molecular weight excluding hydrogens is 218 g/mol. The van der Waals surface area contributed by atoms with Crippen molar-refractivity contribution >= 4 is 11.8 Å². The molecule has 1 aromatic carbocycles. The second-order valence-corrected chi connectivity index (χ2v) is 3.59. The standard InChI is InChI=1S/C12H7N3O2/c16-11-12(17)15-10-7(8-5-2-6-13-8)3-1-4-9(10)14-11/h1-6,13H. The van der Waals surface area contributed by atoms with Gasteiger partial charge in [0.2, 0.25) is 0 Å². The molecule has 5 nitrogen and oxygen atoms in total. The lowest BCUT2D eigenvalue weighted by molar-refractivity contribution is -0.135. The SMILES string of the molecule is O=C1N=c2cccc(-c3ccc[nH]3)c2=NC1=O. The molecule has 1 aromatic heterocycles. The lowest BCUT2D eigenvalue weighted by Crippen LogP contribution is -2.35. The number of para-hydroxylation sites is 1. The summed E-state index contributed by atoms with van der Waals surface area (Å²) in [6.45, 7) is 0. The van der Waals surface area contributed by atoms with Gasteiger partial charge in [-0.05, 0) is 18.2 Å². The monoisotopic (exact) mass is 225 g/mol. The maximum atomic E-state index is 11.3. The zero-order valence-electron chi connectivity index (χ0n) is 8.68. The molecule has 1 aliphatic heterocycles. The van der Waals surface area contributed by atoms with Crippen LogP contribution in [0.2, 0.25) is 0 Å². The van der Waals surface area contributed by atoms with Gasteiger partial charge in [-0.2, -0.15) is 0 Å². The van der Waals surface area contributed by atoms with Crippen molar-refractivity contribution in [1.29, 1.82) is 0 Å². The summed E-state index contributed by atoms with van der Waals surface area (Å²) in [6.07, 6.45) is 1.78. The molecule has 0 bridgehead atoms. The molecule has 0 unspecified atom stereocenters. The lowest BCUT2D eigenvalue weighted by Gasteiger charge is -2.02. The highest BCUT2D eigenvalue weighted by atomic mass is 16.2. The van der Waals surface area contributed by atoms with Crippen LogP contribution in [-0.2, 0) is 9.59 Å². The number of carbonyl (C=O) groups is 2. The number of benzene rings is 1. The summed E-state index contributed by atoms with van der Waals surface area (Å²) in [5.41, 5.74) is 1.60. The number of amides is 2. The van der Waals surface area contributed by atoms with E-state index in [1.807, 2.05) is 18.2 Å². The predicted molar refractivity (Wildman–Crippen MR) is 58.6 cm³/mol. The fraction of sp³-hybridized carbons (Fsp3) is 0. The van der Waals surface area contributed by atoms with Crippen LogP contribution in [0.15, 0.2) is 46.5 Å². The minimum Gasteiger partial charge on any atom is -0.361 e. The Kier molecular flexibility index (Phi) is 1.98. The van der Waals surface area contributed by atoms with Crippen LogP contribution in [0.4, 0.5) is 0 Å². The summed E-state index contributed by atoms with van der Waals surface area (Å²) in [6, 6.07) is 8.98. The summed E-state index contributed by atoms with van der Waals surface area (Å²) in [5, 5.41) is 0.876. The van der Waals surface area contributed by atoms with E-state index < -0.39 is 11.8 Å². The summed E-state index contributed by atoms with van der Waals surface area (Å²) in [5.74, 6) is -1.64. The van der Waals surface area contributed by atoms with Gasteiger partial charge in [-0.1, -0.05) is 12.1 Å². The molecule has 0 saturated carbocycles. The molecule has 3 rings (SSSR count). The van der Waals surface area contributed by atoms with Gasteiger partial charge in [-0.25, -0.2) is 9.98 Å². The summed E-state index contributed by atoms with van der Waals surface area (Å²) in [7, 11) is 0. The van der Waals surface area contributed by atoms with E-state index in [0.29, 0.717) is 10.7 Å². The van der Waals surface area contributed by atoms with Crippen molar-refractivity contribution in [2.45, 2.75) is 0 Å². The van der Waals surface area contributed by atoms with E-state index in [1.54, 1.807) is 18.3 Å². The summed E-state index contributed by atoms with van der Waals surface area (Å²) in [4.78, 5) is 32.9. The van der Waals surface area contributed by atoms with Crippen LogP contribution >= 0.6 is 0 Å². The van der Waals surface area contributed by atoms with Gasteiger partial charge in [0.15, 0.2) is 0 Å². The first kappa shape index (κ1) is 9.65. The fourth-order valence-corrected chi connectivity index (χ4v) is 1.76. The molecule has 2 amide bonds. The second kappa shape index (κ2) is 3.48. The average Bonchev–Trinajstić information content (AvgIpc) is 2.83. The zero-order chi connectivity index (χ0) is 11.8. The molecule has 0 aliphatic carbocycles. The van der Waals surface area contributed by atoms with E-state index >= 15 is 0 Å². The van der Waals surface area contributed by atoms with E-state index in [-0.39, 0.29) is 0 Å². The molecule has 82 valence electrons. The third-order valence-corrected chi connectivity index (χ3v) is 2.52. The van der Waals surface area contributed by atoms with E-state index in [1.165, 1.54) is 0 Å². The minimum atomic E-state index is -0.823. The number of hydrogen-bond donors (Lipinski definition) is 1. The van der Waals surface area contributed by atoms with Crippen LogP contribution in [-0.4, -0.2) is 16.8 Å². The van der Waals surface area contributed by atoms with E-state index in [0.717, 1.165) is 11.3 Å². The molecule has 17 heavy (non-hydrogen) atoms. The molecule has 1 aliphatic rings. The highest BCUT2D eigenvalue weighted by Crippen LogP contribution is 2.10. The molecule has 2 aromatic rings. The molecule has 0 radical (unpaired) electrons. The molecule has 0 fully saturated rings. The van der Waals surface area contributed by atoms with Crippen LogP contribution in [0.1, 0.15) is 0 Å². The number of hydrogen-bond acceptors (Lipinski definition) is 2. The van der Waals surface area contributed by atoms with Gasteiger partial charge >= 0.3 is 11.8 Å². The van der Waals surface area contributed by atoms with Gasteiger partial charge in [0.1, 0.15) is 5.36 Å². The van der Waals surface area contributed by atoms with Crippen molar-refractivity contribution in [2.75, 3.05) is 0 Å². The third kappa shape index (κ3) is 1.48. The molecule has 5 heteroatoms. The normalized spacial score (nSPS) is 13.9. The number of rotatable bonds is 1. The molecule has 0 saturated heterocycles. The number of aromatic amines is 1. The molecule has 0 atom stereocenters. The van der Waals surface area contributed by atoms with Crippen molar-refractivity contribution in [2.24, 2.45) is 9.98 Å². The Morgan fingerprint density at radius 1 is 0.941 bits per heavy atom. The zero-order valence-corrected chi connectivity index (χ0v) is 8.68. The first-order valence-electron chi connectivity index (χ1n) is 5.04. The Balaban J connectivity index is 2.39. The van der Waals surface area contributed by atoms with Crippen LogP contribution in [0.3, 0.4) is 0 Å². The number of nitrogens with one attached hydrogen (secondary N) is 1. The maximum Gasteiger partial charge on any atom is 0.338 e. The molecule has 1 N–H and O–H groups in total. The highest BCUT2D eigenvalue weighted by Gasteiger charge is 2.17. The smallest absolute Gasteiger partial charge is 0.338 e. The molecule has 2 heterocycles. The first-order valence-corrected chi connectivity index (χ1v) is 5.04. The third-order valence-electron chi connectivity index (χ3n) is 2.52. The number of fused-ring (bicyclic) bond motifs is 1. The van der Waals surface area contributed by atoms with Crippen LogP contribution in [0, 0.1) is 0 Å². The number of carbonyl (C=O) groups excluding carboxylic acids is 2. The van der Waals surface area contributed by atoms with Gasteiger partial charge in [-0.15, -0.1) is 0 Å². The maximum absolute atomic E-state index is 11.3. The quantitative estimate of drug-likeness (QED) is 0.693. The average molecular weight is 225 g/mol. The summed E-state index contributed by atoms with van der Waals surface area (Å²) >= 11 is 0. The van der Waals surface area contributed by atoms with Gasteiger partial charge in [-0.3, -0.25) is 9.59 Å². The van der Waals surface area contributed by atoms with Crippen molar-refractivity contribution < 1.29 is 9.59 Å². The van der Waals surface area contributed by atoms with Gasteiger partial charge in [0.25, 0.3) is 0 Å². The topological polar surface area (TPSA) is 74.7 Å². The van der Waals surface area contributed by atoms with Crippen molar-refractivity contribution in [3.8, 4) is 11.3 Å². The Hall–Kier alpha value is -2.56. The van der Waals surface area contributed by atoms with Crippen LogP contribution < -0.4 is 10.7 Å². The van der Waals surface area contributed by atoms with E-state index in [2.05, 4.69) is 15.0 Å². The van der Waals surface area contributed by atoms with Crippen LogP contribution in [0.25, 0.3) is 11.3 Å². The highest BCUT2D eigenvalue weighted by molar-refractivity contribution is 6.36. The van der Waals surface area contributed by atoms with Gasteiger partial charge in [0, 0.05) is 17.5 Å². The molecular formula is C12H7N3O2. The Morgan fingerprint density at radius 3 is 2.53 bits per heavy atom. The van der Waals surface area contributed by atoms with Crippen molar-refractivity contribution in [3.05, 3.63) is 47.2 Å². The number of nitrogens with zero attached hydrogens (tertiary/aromatic N) is 2. The van der Waals surface area contributed by atoms with Gasteiger partial charge in [0.05, 0.1) is 5.36 Å².